The van der Waals surface area contributed by atoms with E-state index in [1.165, 1.54) is 24.0 Å². The molecule has 2 aromatic rings. The van der Waals surface area contributed by atoms with Gasteiger partial charge in [-0.1, -0.05) is 55.5 Å². The molecule has 1 aliphatic heterocycles. The number of hydrogen-bond acceptors (Lipinski definition) is 5. The van der Waals surface area contributed by atoms with Crippen molar-refractivity contribution in [3.05, 3.63) is 76.0 Å². The molecule has 3 atom stereocenters. The summed E-state index contributed by atoms with van der Waals surface area (Å²) in [6.07, 6.45) is 11.5. The fourth-order valence-electron chi connectivity index (χ4n) is 4.00. The summed E-state index contributed by atoms with van der Waals surface area (Å²) in [5, 5.41) is 10.6. The Morgan fingerprint density at radius 1 is 1.27 bits per heavy atom. The summed E-state index contributed by atoms with van der Waals surface area (Å²) < 4.78 is 4.73. The van der Waals surface area contributed by atoms with Crippen LogP contribution in [0.4, 0.5) is 0 Å². The molecule has 6 heteroatoms. The smallest absolute Gasteiger partial charge is 0.348 e. The van der Waals surface area contributed by atoms with Crippen LogP contribution in [0.15, 0.2) is 60.7 Å². The van der Waals surface area contributed by atoms with Crippen LogP contribution in [0, 0.1) is 5.92 Å². The normalized spacial score (nSPS) is 18.3. The number of aliphatic hydroxyl groups is 1. The molecule has 0 saturated carbocycles. The third-order valence-electron chi connectivity index (χ3n) is 6.05. The average molecular weight is 468 g/mol. The zero-order valence-electron chi connectivity index (χ0n) is 19.4. The second kappa shape index (κ2) is 12.5. The molecular formula is C27H33NO4S. The van der Waals surface area contributed by atoms with Gasteiger partial charge in [0, 0.05) is 17.8 Å². The Labute approximate surface area is 200 Å². The number of carbonyl (C=O) groups excluding carboxylic acids is 2. The van der Waals surface area contributed by atoms with Crippen molar-refractivity contribution in [2.75, 3.05) is 13.7 Å². The number of esters is 1. The Bertz CT molecular complexity index is 966. The summed E-state index contributed by atoms with van der Waals surface area (Å²) in [6, 6.07) is 14.0. The summed E-state index contributed by atoms with van der Waals surface area (Å²) in [5.74, 6) is -0.0493. The number of methoxy groups -OCH3 is 1. The second-order valence-corrected chi connectivity index (χ2v) is 9.59. The van der Waals surface area contributed by atoms with Crippen LogP contribution in [-0.4, -0.2) is 47.7 Å². The number of hydrogen-bond donors (Lipinski definition) is 1. The van der Waals surface area contributed by atoms with Gasteiger partial charge in [0.05, 0.1) is 19.3 Å². The zero-order chi connectivity index (χ0) is 23.6. The van der Waals surface area contributed by atoms with E-state index in [0.29, 0.717) is 17.8 Å². The lowest BCUT2D eigenvalue weighted by Gasteiger charge is -2.22. The van der Waals surface area contributed by atoms with Crippen molar-refractivity contribution in [2.45, 2.75) is 51.2 Å². The van der Waals surface area contributed by atoms with Gasteiger partial charge in [-0.25, -0.2) is 4.79 Å². The molecule has 1 aromatic heterocycles. The van der Waals surface area contributed by atoms with Crippen LogP contribution in [0.2, 0.25) is 0 Å². The highest BCUT2D eigenvalue weighted by molar-refractivity contribution is 7.14. The lowest BCUT2D eigenvalue weighted by Crippen LogP contribution is -2.32. The predicted octanol–water partition coefficient (Wildman–Crippen LogP) is 5.12. The van der Waals surface area contributed by atoms with Crippen molar-refractivity contribution >= 4 is 29.3 Å². The first-order valence-electron chi connectivity index (χ1n) is 11.5. The number of likely N-dealkylation sites (tertiary alicyclic amines) is 1. The fraction of sp³-hybridized carbons (Fsp3) is 0.407. The Morgan fingerprint density at radius 2 is 2.06 bits per heavy atom. The first-order valence-corrected chi connectivity index (χ1v) is 12.3. The van der Waals surface area contributed by atoms with Crippen LogP contribution in [0.5, 0.6) is 0 Å². The molecule has 3 rings (SSSR count). The standard InChI is InChI=1S/C27H33NO4S/c1-20(8-6-11-21-9-4-3-5-10-21)24(29)16-13-22-14-18-26(30)28(22)19-7-12-23-15-17-25(33-23)27(31)32-2/h3-5,7,9-10,12-13,15-17,20,22,24,29H,6,8,11,14,18-19H2,1-2H3/t20-,22?,24+/m0/s1. The summed E-state index contributed by atoms with van der Waals surface area (Å²) >= 11 is 1.36. The van der Waals surface area contributed by atoms with Crippen LogP contribution >= 0.6 is 11.3 Å². The van der Waals surface area contributed by atoms with Crippen molar-refractivity contribution in [2.24, 2.45) is 5.92 Å². The lowest BCUT2D eigenvalue weighted by atomic mass is 9.95. The zero-order valence-corrected chi connectivity index (χ0v) is 20.2. The monoisotopic (exact) mass is 467 g/mol. The highest BCUT2D eigenvalue weighted by Crippen LogP contribution is 2.23. The molecule has 1 saturated heterocycles. The van der Waals surface area contributed by atoms with E-state index >= 15 is 0 Å². The minimum absolute atomic E-state index is 0.00212. The fourth-order valence-corrected chi connectivity index (χ4v) is 4.86. The number of rotatable bonds is 11. The number of aryl methyl sites for hydroxylation is 1. The second-order valence-electron chi connectivity index (χ2n) is 8.48. The third-order valence-corrected chi connectivity index (χ3v) is 7.08. The highest BCUT2D eigenvalue weighted by Gasteiger charge is 2.28. The summed E-state index contributed by atoms with van der Waals surface area (Å²) in [7, 11) is 1.37. The summed E-state index contributed by atoms with van der Waals surface area (Å²) in [5.41, 5.74) is 1.33. The number of carbonyl (C=O) groups is 2. The van der Waals surface area contributed by atoms with Gasteiger partial charge in [0.15, 0.2) is 0 Å². The van der Waals surface area contributed by atoms with Gasteiger partial charge in [-0.3, -0.25) is 4.79 Å². The number of benzene rings is 1. The highest BCUT2D eigenvalue weighted by atomic mass is 32.1. The molecule has 0 aliphatic carbocycles. The minimum Gasteiger partial charge on any atom is -0.465 e. The van der Waals surface area contributed by atoms with Gasteiger partial charge < -0.3 is 14.7 Å². The number of amides is 1. The summed E-state index contributed by atoms with van der Waals surface area (Å²) in [4.78, 5) is 27.3. The Hall–Kier alpha value is -2.70. The third kappa shape index (κ3) is 7.41. The van der Waals surface area contributed by atoms with Crippen LogP contribution in [0.1, 0.15) is 52.7 Å². The predicted molar refractivity (Wildman–Crippen MR) is 133 cm³/mol. The molecule has 0 bridgehead atoms. The number of thiophene rings is 1. The Kier molecular flexibility index (Phi) is 9.46. The van der Waals surface area contributed by atoms with E-state index in [0.717, 1.165) is 30.6 Å². The number of nitrogens with zero attached hydrogens (tertiary/aromatic N) is 1. The Morgan fingerprint density at radius 3 is 2.82 bits per heavy atom. The molecule has 0 radical (unpaired) electrons. The number of ether oxygens (including phenoxy) is 1. The van der Waals surface area contributed by atoms with Gasteiger partial charge in [0.1, 0.15) is 4.88 Å². The molecule has 1 fully saturated rings. The molecular weight excluding hydrogens is 434 g/mol. The van der Waals surface area contributed by atoms with Crippen molar-refractivity contribution in [3.63, 3.8) is 0 Å². The van der Waals surface area contributed by atoms with E-state index in [1.54, 1.807) is 6.07 Å². The largest absolute Gasteiger partial charge is 0.465 e. The molecule has 1 unspecified atom stereocenters. The van der Waals surface area contributed by atoms with Gasteiger partial charge in [0.2, 0.25) is 5.91 Å². The number of aliphatic hydroxyl groups excluding tert-OH is 1. The van der Waals surface area contributed by atoms with Crippen molar-refractivity contribution in [3.8, 4) is 0 Å². The molecule has 0 spiro atoms. The topological polar surface area (TPSA) is 66.8 Å². The maximum Gasteiger partial charge on any atom is 0.348 e. The van der Waals surface area contributed by atoms with E-state index in [-0.39, 0.29) is 23.8 Å². The molecule has 5 nitrogen and oxygen atoms in total. The van der Waals surface area contributed by atoms with Crippen molar-refractivity contribution in [1.29, 1.82) is 0 Å². The van der Waals surface area contributed by atoms with Crippen molar-refractivity contribution in [1.82, 2.24) is 4.90 Å². The van der Waals surface area contributed by atoms with Gasteiger partial charge in [-0.05, 0) is 55.4 Å². The molecule has 1 N–H and O–H groups in total. The molecule has 1 aromatic carbocycles. The van der Waals surface area contributed by atoms with Crippen molar-refractivity contribution < 1.29 is 19.4 Å². The first-order chi connectivity index (χ1) is 16.0. The minimum atomic E-state index is -0.517. The van der Waals surface area contributed by atoms with Crippen LogP contribution in [-0.2, 0) is 16.0 Å². The van der Waals surface area contributed by atoms with E-state index < -0.39 is 6.10 Å². The first kappa shape index (κ1) is 24.9. The SMILES string of the molecule is COC(=O)c1ccc(C=CCN2C(=O)CCC2C=C[C@@H](O)[C@@H](C)CCCc2ccccc2)s1. The quantitative estimate of drug-likeness (QED) is 0.368. The van der Waals surface area contributed by atoms with E-state index in [2.05, 4.69) is 31.2 Å². The molecule has 1 amide bonds. The molecule has 33 heavy (non-hydrogen) atoms. The average Bonchev–Trinajstić information content (AvgIpc) is 3.44. The van der Waals surface area contributed by atoms with E-state index in [1.807, 2.05) is 41.3 Å². The van der Waals surface area contributed by atoms with Crippen LogP contribution in [0.25, 0.3) is 6.08 Å². The maximum absolute atomic E-state index is 12.4. The molecule has 2 heterocycles. The van der Waals surface area contributed by atoms with Crippen LogP contribution < -0.4 is 0 Å². The van der Waals surface area contributed by atoms with E-state index in [9.17, 15) is 14.7 Å². The molecule has 176 valence electrons. The maximum atomic E-state index is 12.4. The lowest BCUT2D eigenvalue weighted by molar-refractivity contribution is -0.127. The van der Waals surface area contributed by atoms with Gasteiger partial charge >= 0.3 is 5.97 Å². The Balaban J connectivity index is 1.47. The summed E-state index contributed by atoms with van der Waals surface area (Å²) in [6.45, 7) is 2.58. The van der Waals surface area contributed by atoms with Gasteiger partial charge in [0.25, 0.3) is 0 Å². The van der Waals surface area contributed by atoms with E-state index in [4.69, 9.17) is 4.74 Å². The molecule has 1 aliphatic rings. The van der Waals surface area contributed by atoms with Gasteiger partial charge in [-0.15, -0.1) is 11.3 Å². The van der Waals surface area contributed by atoms with Gasteiger partial charge in [-0.2, -0.15) is 0 Å². The van der Waals surface area contributed by atoms with Crippen LogP contribution in [0.3, 0.4) is 0 Å².